The SMILES string of the molecule is COc1ccccc1-c1ccc2c(c1)OCCC2CNc1cnccc1C(=O)O. The molecule has 2 heterocycles. The standard InChI is InChI=1S/C23H22N2O4/c1-28-21-5-3-2-4-17(21)15-6-7-18-16(9-11-29-22(18)12-15)13-25-20-14-24-10-8-19(20)23(26)27/h2-8,10,12,14,16,25H,9,11,13H2,1H3,(H,26,27). The van der Waals surface area contributed by atoms with Crippen LogP contribution in [0.3, 0.4) is 0 Å². The molecule has 0 bridgehead atoms. The number of aromatic carboxylic acids is 1. The Morgan fingerprint density at radius 3 is 2.97 bits per heavy atom. The molecule has 6 nitrogen and oxygen atoms in total. The molecule has 0 spiro atoms. The Morgan fingerprint density at radius 2 is 2.14 bits per heavy atom. The van der Waals surface area contributed by atoms with Crippen LogP contribution in [-0.2, 0) is 0 Å². The van der Waals surface area contributed by atoms with Gasteiger partial charge in [-0.15, -0.1) is 0 Å². The number of carboxylic acids is 1. The van der Waals surface area contributed by atoms with Crippen molar-refractivity contribution in [2.45, 2.75) is 12.3 Å². The van der Waals surface area contributed by atoms with Gasteiger partial charge in [-0.1, -0.05) is 30.3 Å². The summed E-state index contributed by atoms with van der Waals surface area (Å²) in [7, 11) is 1.67. The third-order valence-corrected chi connectivity index (χ3v) is 5.19. The highest BCUT2D eigenvalue weighted by atomic mass is 16.5. The second kappa shape index (κ2) is 8.22. The highest BCUT2D eigenvalue weighted by Crippen LogP contribution is 2.39. The van der Waals surface area contributed by atoms with Crippen molar-refractivity contribution in [2.75, 3.05) is 25.6 Å². The maximum absolute atomic E-state index is 11.4. The quantitative estimate of drug-likeness (QED) is 0.648. The second-order valence-electron chi connectivity index (χ2n) is 6.89. The Bertz CT molecular complexity index is 1030. The molecule has 1 atom stereocenters. The van der Waals surface area contributed by atoms with Crippen LogP contribution in [0.15, 0.2) is 60.9 Å². The van der Waals surface area contributed by atoms with Crippen LogP contribution in [0.2, 0.25) is 0 Å². The van der Waals surface area contributed by atoms with Crippen LogP contribution in [0.1, 0.15) is 28.3 Å². The maximum atomic E-state index is 11.4. The zero-order valence-electron chi connectivity index (χ0n) is 16.1. The van der Waals surface area contributed by atoms with E-state index in [9.17, 15) is 9.90 Å². The normalized spacial score (nSPS) is 15.1. The first-order valence-electron chi connectivity index (χ1n) is 9.48. The Hall–Kier alpha value is -3.54. The molecule has 1 aliphatic rings. The number of nitrogens with one attached hydrogen (secondary N) is 1. The van der Waals surface area contributed by atoms with Crippen molar-refractivity contribution in [3.63, 3.8) is 0 Å². The van der Waals surface area contributed by atoms with E-state index in [1.54, 1.807) is 13.3 Å². The predicted molar refractivity (Wildman–Crippen MR) is 111 cm³/mol. The van der Waals surface area contributed by atoms with Gasteiger partial charge in [0.25, 0.3) is 0 Å². The number of ether oxygens (including phenoxy) is 2. The number of para-hydroxylation sites is 1. The molecule has 2 N–H and O–H groups in total. The van der Waals surface area contributed by atoms with E-state index in [0.29, 0.717) is 18.8 Å². The van der Waals surface area contributed by atoms with Crippen molar-refractivity contribution < 1.29 is 19.4 Å². The smallest absolute Gasteiger partial charge is 0.337 e. The molecule has 0 saturated carbocycles. The van der Waals surface area contributed by atoms with Crippen LogP contribution < -0.4 is 14.8 Å². The van der Waals surface area contributed by atoms with Gasteiger partial charge in [0.2, 0.25) is 0 Å². The monoisotopic (exact) mass is 390 g/mol. The van der Waals surface area contributed by atoms with Gasteiger partial charge in [0.15, 0.2) is 0 Å². The van der Waals surface area contributed by atoms with E-state index in [2.05, 4.69) is 22.4 Å². The molecule has 4 rings (SSSR count). The zero-order valence-corrected chi connectivity index (χ0v) is 16.1. The van der Waals surface area contributed by atoms with Crippen LogP contribution in [0.4, 0.5) is 5.69 Å². The van der Waals surface area contributed by atoms with Gasteiger partial charge in [-0.05, 0) is 35.7 Å². The van der Waals surface area contributed by atoms with Gasteiger partial charge in [0, 0.05) is 24.2 Å². The van der Waals surface area contributed by atoms with E-state index in [4.69, 9.17) is 9.47 Å². The Kier molecular flexibility index (Phi) is 5.33. The van der Waals surface area contributed by atoms with Crippen molar-refractivity contribution in [1.29, 1.82) is 0 Å². The predicted octanol–water partition coefficient (Wildman–Crippen LogP) is 4.43. The molecular formula is C23H22N2O4. The minimum atomic E-state index is -0.969. The number of pyridine rings is 1. The molecular weight excluding hydrogens is 368 g/mol. The third-order valence-electron chi connectivity index (χ3n) is 5.19. The number of methoxy groups -OCH3 is 1. The molecule has 0 fully saturated rings. The largest absolute Gasteiger partial charge is 0.496 e. The Morgan fingerprint density at radius 1 is 1.28 bits per heavy atom. The summed E-state index contributed by atoms with van der Waals surface area (Å²) in [5, 5.41) is 12.6. The van der Waals surface area contributed by atoms with Gasteiger partial charge in [-0.3, -0.25) is 4.98 Å². The van der Waals surface area contributed by atoms with E-state index < -0.39 is 5.97 Å². The molecule has 1 unspecified atom stereocenters. The van der Waals surface area contributed by atoms with Gasteiger partial charge in [0.05, 0.1) is 31.2 Å². The minimum absolute atomic E-state index is 0.215. The van der Waals surface area contributed by atoms with Crippen LogP contribution in [0, 0.1) is 0 Å². The highest BCUT2D eigenvalue weighted by Gasteiger charge is 2.23. The van der Waals surface area contributed by atoms with Crippen LogP contribution in [0.5, 0.6) is 11.5 Å². The summed E-state index contributed by atoms with van der Waals surface area (Å²) < 4.78 is 11.4. The molecule has 0 radical (unpaired) electrons. The first kappa shape index (κ1) is 18.8. The van der Waals surface area contributed by atoms with E-state index in [0.717, 1.165) is 34.6 Å². The number of carbonyl (C=O) groups is 1. The molecule has 6 heteroatoms. The molecule has 148 valence electrons. The van der Waals surface area contributed by atoms with Gasteiger partial charge < -0.3 is 19.9 Å². The highest BCUT2D eigenvalue weighted by molar-refractivity contribution is 5.93. The number of aromatic nitrogens is 1. The summed E-state index contributed by atoms with van der Waals surface area (Å²) in [5.74, 6) is 0.923. The van der Waals surface area contributed by atoms with Crippen LogP contribution in [0.25, 0.3) is 11.1 Å². The number of benzene rings is 2. The van der Waals surface area contributed by atoms with Gasteiger partial charge in [-0.25, -0.2) is 4.79 Å². The summed E-state index contributed by atoms with van der Waals surface area (Å²) in [4.78, 5) is 15.4. The number of hydrogen-bond donors (Lipinski definition) is 2. The maximum Gasteiger partial charge on any atom is 0.337 e. The van der Waals surface area contributed by atoms with Gasteiger partial charge in [0.1, 0.15) is 11.5 Å². The molecule has 29 heavy (non-hydrogen) atoms. The molecule has 0 aliphatic carbocycles. The zero-order chi connectivity index (χ0) is 20.2. The van der Waals surface area contributed by atoms with Crippen molar-refractivity contribution in [3.8, 4) is 22.6 Å². The summed E-state index contributed by atoms with van der Waals surface area (Å²) in [5.41, 5.74) is 3.92. The third kappa shape index (κ3) is 3.87. The number of nitrogens with zero attached hydrogens (tertiary/aromatic N) is 1. The molecule has 1 aliphatic heterocycles. The number of fused-ring (bicyclic) bond motifs is 1. The molecule has 0 amide bonds. The number of carboxylic acid groups (broad SMARTS) is 1. The van der Waals surface area contributed by atoms with Crippen LogP contribution in [-0.4, -0.2) is 36.3 Å². The minimum Gasteiger partial charge on any atom is -0.496 e. The fraction of sp³-hybridized carbons (Fsp3) is 0.217. The lowest BCUT2D eigenvalue weighted by atomic mass is 9.90. The Labute approximate surface area is 169 Å². The first-order valence-corrected chi connectivity index (χ1v) is 9.48. The van der Waals surface area contributed by atoms with Crippen molar-refractivity contribution in [1.82, 2.24) is 4.98 Å². The first-order chi connectivity index (χ1) is 14.2. The van der Waals surface area contributed by atoms with E-state index in [1.807, 2.05) is 30.3 Å². The lowest BCUT2D eigenvalue weighted by Gasteiger charge is -2.27. The topological polar surface area (TPSA) is 80.7 Å². The number of anilines is 1. The van der Waals surface area contributed by atoms with Crippen molar-refractivity contribution >= 4 is 11.7 Å². The number of rotatable bonds is 6. The van der Waals surface area contributed by atoms with Gasteiger partial charge >= 0.3 is 5.97 Å². The van der Waals surface area contributed by atoms with Crippen LogP contribution >= 0.6 is 0 Å². The molecule has 3 aromatic rings. The van der Waals surface area contributed by atoms with E-state index in [-0.39, 0.29) is 11.5 Å². The molecule has 2 aromatic carbocycles. The van der Waals surface area contributed by atoms with Crippen molar-refractivity contribution in [3.05, 3.63) is 72.1 Å². The fourth-order valence-corrected chi connectivity index (χ4v) is 3.68. The lowest BCUT2D eigenvalue weighted by Crippen LogP contribution is -2.21. The lowest BCUT2D eigenvalue weighted by molar-refractivity contribution is 0.0697. The van der Waals surface area contributed by atoms with E-state index in [1.165, 1.54) is 12.3 Å². The average molecular weight is 390 g/mol. The average Bonchev–Trinajstić information content (AvgIpc) is 2.77. The summed E-state index contributed by atoms with van der Waals surface area (Å²) in [6.45, 7) is 1.23. The van der Waals surface area contributed by atoms with E-state index >= 15 is 0 Å². The second-order valence-corrected chi connectivity index (χ2v) is 6.89. The van der Waals surface area contributed by atoms with Gasteiger partial charge in [-0.2, -0.15) is 0 Å². The Balaban J connectivity index is 1.57. The summed E-state index contributed by atoms with van der Waals surface area (Å²) in [6, 6.07) is 15.6. The van der Waals surface area contributed by atoms with Crippen molar-refractivity contribution in [2.24, 2.45) is 0 Å². The summed E-state index contributed by atoms with van der Waals surface area (Å²) >= 11 is 0. The number of hydrogen-bond acceptors (Lipinski definition) is 5. The molecule has 0 saturated heterocycles. The molecule has 1 aromatic heterocycles. The fourth-order valence-electron chi connectivity index (χ4n) is 3.68. The summed E-state index contributed by atoms with van der Waals surface area (Å²) in [6.07, 6.45) is 3.89.